The highest BCUT2D eigenvalue weighted by Crippen LogP contribution is 2.24. The fraction of sp³-hybridized carbons (Fsp3) is 0.0385. The molecule has 0 saturated heterocycles. The van der Waals surface area contributed by atoms with Crippen LogP contribution in [0.1, 0.15) is 10.4 Å². The molecule has 0 saturated carbocycles. The summed E-state index contributed by atoms with van der Waals surface area (Å²) in [6.45, 7) is 0.205. The van der Waals surface area contributed by atoms with Gasteiger partial charge in [-0.25, -0.2) is 4.98 Å². The number of rotatable bonds is 5. The zero-order valence-electron chi connectivity index (χ0n) is 16.3. The van der Waals surface area contributed by atoms with Gasteiger partial charge in [-0.1, -0.05) is 72.8 Å². The maximum absolute atomic E-state index is 13.1. The number of benzene rings is 3. The molecule has 4 nitrogen and oxygen atoms in total. The van der Waals surface area contributed by atoms with Gasteiger partial charge >= 0.3 is 0 Å². The van der Waals surface area contributed by atoms with E-state index in [0.717, 1.165) is 27.9 Å². The van der Waals surface area contributed by atoms with Crippen molar-refractivity contribution in [2.75, 3.05) is 0 Å². The van der Waals surface area contributed by atoms with Gasteiger partial charge < -0.3 is 4.57 Å². The standard InChI is InChI=1S/C26H19N3O/c30-25(21-15-13-20(14-16-21)19-8-2-1-3-9-19)18-29-24-12-5-4-10-22(24)28-26(29)23-11-6-7-17-27-23/h1-17H,18H2. The van der Waals surface area contributed by atoms with Crippen molar-refractivity contribution >= 4 is 16.8 Å². The minimum Gasteiger partial charge on any atom is -0.315 e. The summed E-state index contributed by atoms with van der Waals surface area (Å²) in [7, 11) is 0. The molecule has 0 spiro atoms. The topological polar surface area (TPSA) is 47.8 Å². The highest BCUT2D eigenvalue weighted by atomic mass is 16.1. The van der Waals surface area contributed by atoms with E-state index in [1.54, 1.807) is 6.20 Å². The highest BCUT2D eigenvalue weighted by Gasteiger charge is 2.16. The van der Waals surface area contributed by atoms with E-state index < -0.39 is 0 Å². The van der Waals surface area contributed by atoms with Gasteiger partial charge in [0, 0.05) is 11.8 Å². The van der Waals surface area contributed by atoms with Crippen molar-refractivity contribution in [1.82, 2.24) is 14.5 Å². The van der Waals surface area contributed by atoms with Crippen molar-refractivity contribution in [1.29, 1.82) is 0 Å². The molecule has 0 aliphatic carbocycles. The summed E-state index contributed by atoms with van der Waals surface area (Å²) in [4.78, 5) is 22.3. The molecule has 0 aliphatic heterocycles. The second-order valence-corrected chi connectivity index (χ2v) is 7.09. The number of imidazole rings is 1. The first-order chi connectivity index (χ1) is 14.8. The van der Waals surface area contributed by atoms with E-state index in [1.807, 2.05) is 89.5 Å². The van der Waals surface area contributed by atoms with Crippen LogP contribution in [0.3, 0.4) is 0 Å². The molecule has 0 fully saturated rings. The molecule has 0 bridgehead atoms. The number of aromatic nitrogens is 3. The maximum Gasteiger partial charge on any atom is 0.182 e. The number of fused-ring (bicyclic) bond motifs is 1. The van der Waals surface area contributed by atoms with Gasteiger partial charge in [-0.2, -0.15) is 0 Å². The predicted octanol–water partition coefficient (Wildman–Crippen LogP) is 5.65. The lowest BCUT2D eigenvalue weighted by Crippen LogP contribution is -2.12. The van der Waals surface area contributed by atoms with Crippen LogP contribution in [0, 0.1) is 0 Å². The van der Waals surface area contributed by atoms with Crippen molar-refractivity contribution in [3.05, 3.63) is 109 Å². The summed E-state index contributed by atoms with van der Waals surface area (Å²) in [5, 5.41) is 0. The number of para-hydroxylation sites is 2. The minimum absolute atomic E-state index is 0.0370. The Labute approximate surface area is 174 Å². The van der Waals surface area contributed by atoms with Crippen LogP contribution in [0.25, 0.3) is 33.7 Å². The predicted molar refractivity (Wildman–Crippen MR) is 119 cm³/mol. The Morgan fingerprint density at radius 2 is 1.43 bits per heavy atom. The third-order valence-corrected chi connectivity index (χ3v) is 5.16. The molecule has 0 atom stereocenters. The number of hydrogen-bond donors (Lipinski definition) is 0. The monoisotopic (exact) mass is 389 g/mol. The molecule has 0 amide bonds. The molecule has 4 heteroatoms. The molecule has 0 N–H and O–H groups in total. The van der Waals surface area contributed by atoms with Gasteiger partial charge in [0.2, 0.25) is 0 Å². The van der Waals surface area contributed by atoms with E-state index in [4.69, 9.17) is 4.98 Å². The van der Waals surface area contributed by atoms with Crippen LogP contribution >= 0.6 is 0 Å². The van der Waals surface area contributed by atoms with Crippen LogP contribution in [0.4, 0.5) is 0 Å². The van der Waals surface area contributed by atoms with Crippen LogP contribution in [0.15, 0.2) is 103 Å². The molecule has 144 valence electrons. The number of Topliss-reactive ketones (excluding diaryl/α,β-unsaturated/α-hetero) is 1. The van der Waals surface area contributed by atoms with Crippen molar-refractivity contribution in [3.63, 3.8) is 0 Å². The molecule has 2 aromatic heterocycles. The van der Waals surface area contributed by atoms with E-state index in [0.29, 0.717) is 11.4 Å². The summed E-state index contributed by atoms with van der Waals surface area (Å²) < 4.78 is 1.95. The van der Waals surface area contributed by atoms with Gasteiger partial charge in [0.25, 0.3) is 0 Å². The van der Waals surface area contributed by atoms with Gasteiger partial charge in [-0.3, -0.25) is 9.78 Å². The van der Waals surface area contributed by atoms with E-state index >= 15 is 0 Å². The van der Waals surface area contributed by atoms with Gasteiger partial charge in [-0.05, 0) is 35.4 Å². The van der Waals surface area contributed by atoms with Crippen molar-refractivity contribution in [2.24, 2.45) is 0 Å². The van der Waals surface area contributed by atoms with E-state index in [9.17, 15) is 4.79 Å². The molecule has 0 radical (unpaired) electrons. The van der Waals surface area contributed by atoms with E-state index in [1.165, 1.54) is 0 Å². The average Bonchev–Trinajstić information content (AvgIpc) is 3.19. The van der Waals surface area contributed by atoms with Crippen molar-refractivity contribution < 1.29 is 4.79 Å². The minimum atomic E-state index is 0.0370. The summed E-state index contributed by atoms with van der Waals surface area (Å²) in [5.41, 5.74) is 5.43. The molecular formula is C26H19N3O. The normalized spacial score (nSPS) is 10.9. The zero-order chi connectivity index (χ0) is 20.3. The molecule has 5 rings (SSSR count). The van der Waals surface area contributed by atoms with Gasteiger partial charge in [-0.15, -0.1) is 0 Å². The molecule has 0 aliphatic rings. The third-order valence-electron chi connectivity index (χ3n) is 5.16. The molecular weight excluding hydrogens is 370 g/mol. The van der Waals surface area contributed by atoms with Crippen LogP contribution in [-0.4, -0.2) is 20.3 Å². The summed E-state index contributed by atoms with van der Waals surface area (Å²) in [5.74, 6) is 0.737. The quantitative estimate of drug-likeness (QED) is 0.365. The largest absolute Gasteiger partial charge is 0.315 e. The first-order valence-electron chi connectivity index (χ1n) is 9.85. The van der Waals surface area contributed by atoms with E-state index in [-0.39, 0.29) is 12.3 Å². The second kappa shape index (κ2) is 7.76. The molecule has 3 aromatic carbocycles. The molecule has 2 heterocycles. The molecule has 0 unspecified atom stereocenters. The van der Waals surface area contributed by atoms with Crippen molar-refractivity contribution in [2.45, 2.75) is 6.54 Å². The summed E-state index contributed by atoms with van der Waals surface area (Å²) in [6.07, 6.45) is 1.74. The maximum atomic E-state index is 13.1. The lowest BCUT2D eigenvalue weighted by molar-refractivity contribution is 0.0974. The zero-order valence-corrected chi connectivity index (χ0v) is 16.3. The summed E-state index contributed by atoms with van der Waals surface area (Å²) in [6, 6.07) is 31.5. The Balaban J connectivity index is 1.49. The van der Waals surface area contributed by atoms with Crippen LogP contribution in [-0.2, 0) is 6.54 Å². The number of carbonyl (C=O) groups excluding carboxylic acids is 1. The Kier molecular flexibility index (Phi) is 4.66. The van der Waals surface area contributed by atoms with Crippen LogP contribution in [0.5, 0.6) is 0 Å². The SMILES string of the molecule is O=C(Cn1c(-c2ccccn2)nc2ccccc21)c1ccc(-c2ccccc2)cc1. The Hall–Kier alpha value is -4.05. The Bertz CT molecular complexity index is 1310. The number of ketones is 1. The van der Waals surface area contributed by atoms with Gasteiger partial charge in [0.15, 0.2) is 11.6 Å². The number of carbonyl (C=O) groups is 1. The smallest absolute Gasteiger partial charge is 0.182 e. The number of nitrogens with zero attached hydrogens (tertiary/aromatic N) is 3. The van der Waals surface area contributed by atoms with Crippen molar-refractivity contribution in [3.8, 4) is 22.6 Å². The first-order valence-corrected chi connectivity index (χ1v) is 9.85. The Morgan fingerprint density at radius 1 is 0.733 bits per heavy atom. The number of pyridine rings is 1. The third kappa shape index (κ3) is 3.40. The van der Waals surface area contributed by atoms with Crippen LogP contribution in [0.2, 0.25) is 0 Å². The fourth-order valence-electron chi connectivity index (χ4n) is 3.64. The van der Waals surface area contributed by atoms with Gasteiger partial charge in [0.05, 0.1) is 17.6 Å². The lowest BCUT2D eigenvalue weighted by atomic mass is 10.0. The summed E-state index contributed by atoms with van der Waals surface area (Å²) >= 11 is 0. The molecule has 5 aromatic rings. The lowest BCUT2D eigenvalue weighted by Gasteiger charge is -2.09. The van der Waals surface area contributed by atoms with Crippen LogP contribution < -0.4 is 0 Å². The molecule has 30 heavy (non-hydrogen) atoms. The second-order valence-electron chi connectivity index (χ2n) is 7.09. The average molecular weight is 389 g/mol. The number of hydrogen-bond acceptors (Lipinski definition) is 3. The highest BCUT2D eigenvalue weighted by molar-refractivity contribution is 5.97. The Morgan fingerprint density at radius 3 is 2.20 bits per heavy atom. The van der Waals surface area contributed by atoms with Gasteiger partial charge in [0.1, 0.15) is 5.69 Å². The van der Waals surface area contributed by atoms with E-state index in [2.05, 4.69) is 17.1 Å². The fourth-order valence-corrected chi connectivity index (χ4v) is 3.64. The first kappa shape index (κ1) is 18.0.